The number of alkyl halides is 2. The lowest BCUT2D eigenvalue weighted by atomic mass is 10.1. The highest BCUT2D eigenvalue weighted by molar-refractivity contribution is 14.2. The number of ether oxygens (including phenoxy) is 1. The number of fused-ring (bicyclic) bond motifs is 1. The molecular weight excluding hydrogens is 578 g/mol. The number of pyridine rings is 1. The van der Waals surface area contributed by atoms with Crippen molar-refractivity contribution >= 4 is 80.2 Å². The predicted molar refractivity (Wildman–Crippen MR) is 133 cm³/mol. The minimum Gasteiger partial charge on any atom is -0.475 e. The number of aromatic nitrogens is 3. The molecule has 0 saturated carbocycles. The average molecular weight is 596 g/mol. The van der Waals surface area contributed by atoms with Crippen LogP contribution in [0.4, 0.5) is 20.2 Å². The normalized spacial score (nSPS) is 15.8. The molecule has 164 valence electrons. The van der Waals surface area contributed by atoms with Crippen molar-refractivity contribution in [2.75, 3.05) is 18.2 Å². The Morgan fingerprint density at radius 2 is 2.06 bits per heavy atom. The second-order valence-corrected chi connectivity index (χ2v) is 10.7. The van der Waals surface area contributed by atoms with E-state index in [-0.39, 0.29) is 22.9 Å². The molecule has 3 heterocycles. The molecule has 1 aliphatic rings. The van der Waals surface area contributed by atoms with Crippen LogP contribution in [0, 0.1) is 0 Å². The zero-order valence-corrected chi connectivity index (χ0v) is 21.4. The van der Waals surface area contributed by atoms with Gasteiger partial charge in [-0.15, -0.1) is 11.8 Å². The van der Waals surface area contributed by atoms with Crippen LogP contribution in [0.3, 0.4) is 0 Å². The Hall–Kier alpha value is -1.23. The summed E-state index contributed by atoms with van der Waals surface area (Å²) in [5.41, 5.74) is 2.63. The van der Waals surface area contributed by atoms with Crippen molar-refractivity contribution in [2.24, 2.45) is 4.99 Å². The van der Waals surface area contributed by atoms with E-state index in [0.717, 1.165) is 16.1 Å². The maximum atomic E-state index is 13.5. The Balaban J connectivity index is 1.75. The monoisotopic (exact) mass is 595 g/mol. The number of nitrogens with one attached hydrogen (secondary N) is 1. The lowest BCUT2D eigenvalue weighted by molar-refractivity contribution is 0.140. The van der Waals surface area contributed by atoms with Gasteiger partial charge in [0.2, 0.25) is 5.90 Å². The number of benzene rings is 1. The first-order chi connectivity index (χ1) is 14.7. The molecule has 0 amide bonds. The Bertz CT molecular complexity index is 1190. The summed E-state index contributed by atoms with van der Waals surface area (Å²) in [6, 6.07) is 7.40. The number of anilines is 2. The van der Waals surface area contributed by atoms with Crippen LogP contribution in [0.5, 0.6) is 0 Å². The summed E-state index contributed by atoms with van der Waals surface area (Å²) >= 11 is 9.78. The molecule has 4 rings (SSSR count). The molecule has 6 nitrogen and oxygen atoms in total. The van der Waals surface area contributed by atoms with Gasteiger partial charge in [-0.05, 0) is 60.3 Å². The number of imidazole rings is 1. The highest BCUT2D eigenvalue weighted by Gasteiger charge is 2.27. The van der Waals surface area contributed by atoms with E-state index >= 15 is 0 Å². The van der Waals surface area contributed by atoms with Crippen LogP contribution >= 0.6 is 51.8 Å². The number of hydrogen-bond donors (Lipinski definition) is 1. The number of thioether (sulfide) groups is 1. The van der Waals surface area contributed by atoms with Gasteiger partial charge in [-0.1, -0.05) is 11.6 Å². The number of hydrogen-bond acceptors (Lipinski definition) is 6. The first-order valence-electron chi connectivity index (χ1n) is 9.14. The van der Waals surface area contributed by atoms with E-state index in [1.807, 2.05) is 60.3 Å². The van der Waals surface area contributed by atoms with Gasteiger partial charge in [0, 0.05) is 16.5 Å². The van der Waals surface area contributed by atoms with Gasteiger partial charge in [0.05, 0.1) is 23.3 Å². The molecule has 1 atom stereocenters. The molecular formula is C19H18ClF2IN5OPS. The van der Waals surface area contributed by atoms with Crippen LogP contribution in [-0.4, -0.2) is 38.6 Å². The minimum atomic E-state index is -2.71. The smallest absolute Gasteiger partial charge is 0.295 e. The summed E-state index contributed by atoms with van der Waals surface area (Å²) in [7, 11) is 0. The third kappa shape index (κ3) is 4.62. The van der Waals surface area contributed by atoms with Crippen LogP contribution in [0.25, 0.3) is 11.2 Å². The molecule has 12 heteroatoms. The third-order valence-corrected chi connectivity index (χ3v) is 7.60. The second kappa shape index (κ2) is 8.96. The fourth-order valence-electron chi connectivity index (χ4n) is 3.16. The summed E-state index contributed by atoms with van der Waals surface area (Å²) in [5, 5.41) is 3.50. The van der Waals surface area contributed by atoms with E-state index in [0.29, 0.717) is 29.4 Å². The van der Waals surface area contributed by atoms with Crippen LogP contribution in [0.1, 0.15) is 31.7 Å². The van der Waals surface area contributed by atoms with Crippen LogP contribution in [-0.2, 0) is 4.74 Å². The van der Waals surface area contributed by atoms with E-state index in [4.69, 9.17) is 16.3 Å². The van der Waals surface area contributed by atoms with Gasteiger partial charge in [0.25, 0.3) is 6.43 Å². The SMILES string of the molecule is CSc1cc(C2=NC(C)(C)CO2)ccc1Nc1cc(Cl)nc2c1nc(C(F)F)n2PI. The summed E-state index contributed by atoms with van der Waals surface area (Å²) in [4.78, 5) is 14.0. The van der Waals surface area contributed by atoms with Crippen LogP contribution in [0.15, 0.2) is 34.2 Å². The van der Waals surface area contributed by atoms with Gasteiger partial charge in [-0.25, -0.2) is 23.7 Å². The standard InChI is InChI=1S/C19H18ClF2IN5OPS/c1-19(2)8-29-18(27-19)9-4-5-10(12(6-9)31-3)24-11-7-13(20)25-16-14(11)26-17(15(21)22)28(16)30-23/h4-7,15,30H,8H2,1-3H3,(H,24,25). The second-order valence-electron chi connectivity index (χ2n) is 7.41. The fourth-order valence-corrected chi connectivity index (χ4v) is 5.83. The van der Waals surface area contributed by atoms with Crippen molar-refractivity contribution in [3.05, 3.63) is 40.8 Å². The van der Waals surface area contributed by atoms with Crippen molar-refractivity contribution in [1.29, 1.82) is 0 Å². The highest BCUT2D eigenvalue weighted by atomic mass is 127. The van der Waals surface area contributed by atoms with Gasteiger partial charge < -0.3 is 10.1 Å². The van der Waals surface area contributed by atoms with Crippen molar-refractivity contribution in [1.82, 2.24) is 14.3 Å². The third-order valence-electron chi connectivity index (χ3n) is 4.57. The van der Waals surface area contributed by atoms with Gasteiger partial charge in [-0.2, -0.15) is 0 Å². The number of aliphatic imine (C=N–C) groups is 1. The molecule has 0 spiro atoms. The summed E-state index contributed by atoms with van der Waals surface area (Å²) in [6.45, 7) is 4.58. The number of nitrogens with zero attached hydrogens (tertiary/aromatic N) is 4. The Morgan fingerprint density at radius 1 is 1.29 bits per heavy atom. The van der Waals surface area contributed by atoms with Gasteiger partial charge in [0.15, 0.2) is 11.5 Å². The van der Waals surface area contributed by atoms with E-state index in [1.54, 1.807) is 17.8 Å². The molecule has 3 aromatic rings. The first kappa shape index (κ1) is 22.9. The molecule has 1 aliphatic heterocycles. The molecule has 1 N–H and O–H groups in total. The van der Waals surface area contributed by atoms with Crippen LogP contribution < -0.4 is 5.32 Å². The highest BCUT2D eigenvalue weighted by Crippen LogP contribution is 2.39. The summed E-state index contributed by atoms with van der Waals surface area (Å²) in [6.07, 6.45) is -0.729. The predicted octanol–water partition coefficient (Wildman–Crippen LogP) is 6.83. The maximum Gasteiger partial charge on any atom is 0.295 e. The van der Waals surface area contributed by atoms with E-state index in [2.05, 4.69) is 20.3 Å². The average Bonchev–Trinajstić information content (AvgIpc) is 3.28. The zero-order chi connectivity index (χ0) is 22.3. The molecule has 0 fully saturated rings. The Labute approximate surface area is 201 Å². The molecule has 0 aliphatic carbocycles. The lowest BCUT2D eigenvalue weighted by Crippen LogP contribution is -2.17. The quantitative estimate of drug-likeness (QED) is 0.146. The molecule has 0 radical (unpaired) electrons. The molecule has 0 bridgehead atoms. The van der Waals surface area contributed by atoms with E-state index in [1.165, 1.54) is 4.34 Å². The lowest BCUT2D eigenvalue weighted by Gasteiger charge is -2.13. The van der Waals surface area contributed by atoms with Gasteiger partial charge in [-0.3, -0.25) is 4.34 Å². The van der Waals surface area contributed by atoms with E-state index < -0.39 is 6.43 Å². The fraction of sp³-hybridized carbons (Fsp3) is 0.316. The van der Waals surface area contributed by atoms with Crippen molar-refractivity contribution < 1.29 is 13.5 Å². The van der Waals surface area contributed by atoms with Gasteiger partial charge >= 0.3 is 0 Å². The molecule has 31 heavy (non-hydrogen) atoms. The molecule has 1 unspecified atom stereocenters. The first-order valence-corrected chi connectivity index (χ1v) is 14.8. The molecule has 1 aromatic carbocycles. The van der Waals surface area contributed by atoms with E-state index in [9.17, 15) is 8.78 Å². The number of halogens is 4. The Morgan fingerprint density at radius 3 is 2.68 bits per heavy atom. The van der Waals surface area contributed by atoms with Crippen molar-refractivity contribution in [3.8, 4) is 0 Å². The minimum absolute atomic E-state index is 0.0185. The van der Waals surface area contributed by atoms with Crippen molar-refractivity contribution in [2.45, 2.75) is 30.7 Å². The number of rotatable bonds is 6. The Kier molecular flexibility index (Phi) is 6.63. The van der Waals surface area contributed by atoms with Crippen LogP contribution in [0.2, 0.25) is 5.15 Å². The molecule has 0 saturated heterocycles. The topological polar surface area (TPSA) is 64.3 Å². The van der Waals surface area contributed by atoms with Gasteiger partial charge in [0.1, 0.15) is 17.3 Å². The zero-order valence-electron chi connectivity index (χ0n) is 16.7. The summed E-state index contributed by atoms with van der Waals surface area (Å²) < 4.78 is 34.1. The maximum absolute atomic E-state index is 13.5. The molecule has 2 aromatic heterocycles. The summed E-state index contributed by atoms with van der Waals surface area (Å²) in [5.74, 6) is 0.296. The largest absolute Gasteiger partial charge is 0.475 e. The van der Waals surface area contributed by atoms with Crippen molar-refractivity contribution in [3.63, 3.8) is 0 Å².